The Balaban J connectivity index is 1.70. The first-order chi connectivity index (χ1) is 13.5. The van der Waals surface area contributed by atoms with Crippen LogP contribution in [0.2, 0.25) is 0 Å². The monoisotopic (exact) mass is 436 g/mol. The molecule has 150 valence electrons. The Morgan fingerprint density at radius 3 is 2.82 bits per heavy atom. The molecular formula is C20H24N2O3S3. The molecule has 1 aromatic carbocycles. The lowest BCUT2D eigenvalue weighted by Gasteiger charge is -2.27. The largest absolute Gasteiger partial charge is 0.324 e. The Morgan fingerprint density at radius 2 is 2.14 bits per heavy atom. The molecule has 1 unspecified atom stereocenters. The van der Waals surface area contributed by atoms with E-state index in [1.807, 2.05) is 52.8 Å². The van der Waals surface area contributed by atoms with Gasteiger partial charge in [0.15, 0.2) is 9.84 Å². The summed E-state index contributed by atoms with van der Waals surface area (Å²) in [5.74, 6) is 0.947. The van der Waals surface area contributed by atoms with Gasteiger partial charge >= 0.3 is 0 Å². The van der Waals surface area contributed by atoms with Crippen molar-refractivity contribution in [2.24, 2.45) is 0 Å². The van der Waals surface area contributed by atoms with Crippen molar-refractivity contribution in [3.63, 3.8) is 0 Å². The van der Waals surface area contributed by atoms with Crippen LogP contribution in [0.3, 0.4) is 0 Å². The molecular weight excluding hydrogens is 412 g/mol. The molecule has 1 amide bonds. The average Bonchev–Trinajstić information content (AvgIpc) is 3.29. The Labute approximate surface area is 174 Å². The minimum atomic E-state index is -3.01. The number of nitrogens with one attached hydrogen (secondary N) is 1. The van der Waals surface area contributed by atoms with Gasteiger partial charge in [0.2, 0.25) is 5.91 Å². The first kappa shape index (κ1) is 21.1. The fraction of sp³-hybridized carbons (Fsp3) is 0.350. The minimum Gasteiger partial charge on any atom is -0.324 e. The molecule has 1 saturated heterocycles. The van der Waals surface area contributed by atoms with Crippen molar-refractivity contribution in [1.82, 2.24) is 4.90 Å². The zero-order valence-electron chi connectivity index (χ0n) is 15.5. The van der Waals surface area contributed by atoms with Crippen LogP contribution in [0.25, 0.3) is 0 Å². The van der Waals surface area contributed by atoms with Crippen LogP contribution in [-0.4, -0.2) is 49.1 Å². The first-order valence-electron chi connectivity index (χ1n) is 9.06. The zero-order chi connectivity index (χ0) is 20.0. The van der Waals surface area contributed by atoms with E-state index in [1.54, 1.807) is 23.1 Å². The number of hydrogen-bond acceptors (Lipinski definition) is 6. The summed E-state index contributed by atoms with van der Waals surface area (Å²) >= 11 is 3.23. The number of thioether (sulfide) groups is 1. The van der Waals surface area contributed by atoms with Crippen molar-refractivity contribution >= 4 is 44.5 Å². The summed E-state index contributed by atoms with van der Waals surface area (Å²) in [6.45, 7) is 4.48. The number of hydrogen-bond donors (Lipinski definition) is 1. The molecule has 0 aliphatic carbocycles. The van der Waals surface area contributed by atoms with Gasteiger partial charge in [0.25, 0.3) is 0 Å². The third-order valence-electron chi connectivity index (χ3n) is 4.53. The maximum absolute atomic E-state index is 12.8. The maximum atomic E-state index is 12.8. The third-order valence-corrected chi connectivity index (χ3v) is 8.21. The lowest BCUT2D eigenvalue weighted by molar-refractivity contribution is -0.117. The number of thiophene rings is 1. The molecule has 8 heteroatoms. The predicted molar refractivity (Wildman–Crippen MR) is 118 cm³/mol. The molecule has 1 N–H and O–H groups in total. The lowest BCUT2D eigenvalue weighted by Crippen LogP contribution is -2.41. The SMILES string of the molecule is C=CCSc1ccccc1NC(=O)CN(Cc1cccs1)C1CCS(=O)(=O)C1. The molecule has 0 spiro atoms. The molecule has 3 rings (SSSR count). The van der Waals surface area contributed by atoms with E-state index in [9.17, 15) is 13.2 Å². The number of carbonyl (C=O) groups is 1. The highest BCUT2D eigenvalue weighted by Gasteiger charge is 2.33. The van der Waals surface area contributed by atoms with E-state index in [4.69, 9.17) is 0 Å². The van der Waals surface area contributed by atoms with Gasteiger partial charge in [-0.2, -0.15) is 0 Å². The summed E-state index contributed by atoms with van der Waals surface area (Å²) in [6, 6.07) is 11.5. The first-order valence-corrected chi connectivity index (χ1v) is 12.7. The smallest absolute Gasteiger partial charge is 0.238 e. The molecule has 1 aromatic heterocycles. The van der Waals surface area contributed by atoms with Crippen LogP contribution >= 0.6 is 23.1 Å². The van der Waals surface area contributed by atoms with Crippen molar-refractivity contribution in [2.45, 2.75) is 23.9 Å². The number of amides is 1. The summed E-state index contributed by atoms with van der Waals surface area (Å²) in [7, 11) is -3.01. The summed E-state index contributed by atoms with van der Waals surface area (Å²) < 4.78 is 23.9. The fourth-order valence-corrected chi connectivity index (χ4v) is 6.44. The molecule has 28 heavy (non-hydrogen) atoms. The Hall–Kier alpha value is -1.61. The highest BCUT2D eigenvalue weighted by molar-refractivity contribution is 7.99. The summed E-state index contributed by atoms with van der Waals surface area (Å²) in [4.78, 5) is 16.9. The van der Waals surface area contributed by atoms with Crippen molar-refractivity contribution in [3.8, 4) is 0 Å². The van der Waals surface area contributed by atoms with E-state index >= 15 is 0 Å². The average molecular weight is 437 g/mol. The van der Waals surface area contributed by atoms with Crippen molar-refractivity contribution in [2.75, 3.05) is 29.1 Å². The van der Waals surface area contributed by atoms with E-state index < -0.39 is 9.84 Å². The van der Waals surface area contributed by atoms with Gasteiger partial charge in [-0.05, 0) is 30.0 Å². The van der Waals surface area contributed by atoms with Gasteiger partial charge in [-0.25, -0.2) is 8.42 Å². The van der Waals surface area contributed by atoms with Crippen LogP contribution in [-0.2, 0) is 21.2 Å². The summed E-state index contributed by atoms with van der Waals surface area (Å²) in [6.07, 6.45) is 2.40. The molecule has 2 aromatic rings. The molecule has 1 atom stereocenters. The standard InChI is InChI=1S/C20H24N2O3S3/c1-2-10-27-19-8-4-3-7-18(19)21-20(23)14-22(13-17-6-5-11-26-17)16-9-12-28(24,25)15-16/h2-8,11,16H,1,9-10,12-15H2,(H,21,23). The van der Waals surface area contributed by atoms with Gasteiger partial charge in [0.1, 0.15) is 0 Å². The molecule has 1 fully saturated rings. The molecule has 1 aliphatic heterocycles. The second-order valence-corrected chi connectivity index (χ2v) is 11.0. The number of nitrogens with zero attached hydrogens (tertiary/aromatic N) is 1. The van der Waals surface area contributed by atoms with E-state index in [0.717, 1.165) is 21.2 Å². The normalized spacial score (nSPS) is 18.2. The highest BCUT2D eigenvalue weighted by atomic mass is 32.2. The third kappa shape index (κ3) is 5.94. The predicted octanol–water partition coefficient (Wildman–Crippen LogP) is 3.65. The number of para-hydroxylation sites is 1. The van der Waals surface area contributed by atoms with Gasteiger partial charge in [0, 0.05) is 28.1 Å². The quantitative estimate of drug-likeness (QED) is 0.480. The van der Waals surface area contributed by atoms with Crippen molar-refractivity contribution in [1.29, 1.82) is 0 Å². The van der Waals surface area contributed by atoms with Gasteiger partial charge in [-0.3, -0.25) is 9.69 Å². The second-order valence-electron chi connectivity index (χ2n) is 6.69. The molecule has 1 aliphatic rings. The summed E-state index contributed by atoms with van der Waals surface area (Å²) in [5.41, 5.74) is 0.773. The van der Waals surface area contributed by atoms with Crippen LogP contribution in [0.4, 0.5) is 5.69 Å². The second kappa shape index (κ2) is 9.73. The number of anilines is 1. The molecule has 5 nitrogen and oxygen atoms in total. The zero-order valence-corrected chi connectivity index (χ0v) is 18.0. The maximum Gasteiger partial charge on any atom is 0.238 e. The molecule has 0 radical (unpaired) electrons. The van der Waals surface area contributed by atoms with Gasteiger partial charge in [-0.1, -0.05) is 24.3 Å². The van der Waals surface area contributed by atoms with Crippen LogP contribution in [0.1, 0.15) is 11.3 Å². The topological polar surface area (TPSA) is 66.5 Å². The van der Waals surface area contributed by atoms with E-state index in [-0.39, 0.29) is 30.0 Å². The van der Waals surface area contributed by atoms with Crippen LogP contribution in [0, 0.1) is 0 Å². The molecule has 2 heterocycles. The van der Waals surface area contributed by atoms with Gasteiger partial charge in [0.05, 0.1) is 23.7 Å². The van der Waals surface area contributed by atoms with Gasteiger partial charge in [-0.15, -0.1) is 29.7 Å². The minimum absolute atomic E-state index is 0.122. The summed E-state index contributed by atoms with van der Waals surface area (Å²) in [5, 5.41) is 4.98. The fourth-order valence-electron chi connectivity index (χ4n) is 3.20. The van der Waals surface area contributed by atoms with Crippen molar-refractivity contribution in [3.05, 3.63) is 59.3 Å². The van der Waals surface area contributed by atoms with E-state index in [0.29, 0.717) is 13.0 Å². The van der Waals surface area contributed by atoms with Gasteiger partial charge < -0.3 is 5.32 Å². The van der Waals surface area contributed by atoms with E-state index in [1.165, 1.54) is 0 Å². The number of rotatable bonds is 9. The Kier molecular flexibility index (Phi) is 7.34. The number of carbonyl (C=O) groups excluding carboxylic acids is 1. The molecule has 0 saturated carbocycles. The molecule has 0 bridgehead atoms. The van der Waals surface area contributed by atoms with Crippen LogP contribution in [0.5, 0.6) is 0 Å². The Morgan fingerprint density at radius 1 is 1.32 bits per heavy atom. The van der Waals surface area contributed by atoms with Crippen LogP contribution in [0.15, 0.2) is 59.3 Å². The number of sulfone groups is 1. The Bertz CT molecular complexity index is 911. The van der Waals surface area contributed by atoms with Crippen LogP contribution < -0.4 is 5.32 Å². The van der Waals surface area contributed by atoms with Crippen molar-refractivity contribution < 1.29 is 13.2 Å². The van der Waals surface area contributed by atoms with E-state index in [2.05, 4.69) is 11.9 Å². The highest BCUT2D eigenvalue weighted by Crippen LogP contribution is 2.27. The lowest BCUT2D eigenvalue weighted by atomic mass is 10.2. The number of benzene rings is 1.